The average Bonchev–Trinajstić information content (AvgIpc) is 2.73. The lowest BCUT2D eigenvalue weighted by Crippen LogP contribution is -2.28. The van der Waals surface area contributed by atoms with Crippen LogP contribution in [0.25, 0.3) is 0 Å². The number of aromatic amines is 1. The highest BCUT2D eigenvalue weighted by atomic mass is 35.5. The molecule has 0 amide bonds. The summed E-state index contributed by atoms with van der Waals surface area (Å²) in [6.07, 6.45) is 3.52. The van der Waals surface area contributed by atoms with Gasteiger partial charge in [-0.3, -0.25) is 4.79 Å². The van der Waals surface area contributed by atoms with Crippen molar-refractivity contribution in [1.82, 2.24) is 15.3 Å². The van der Waals surface area contributed by atoms with Gasteiger partial charge in [-0.1, -0.05) is 11.6 Å². The van der Waals surface area contributed by atoms with Gasteiger partial charge in [0.2, 0.25) is 5.88 Å². The third kappa shape index (κ3) is 2.49. The molecule has 0 aromatic carbocycles. The van der Waals surface area contributed by atoms with Crippen LogP contribution in [-0.2, 0) is 0 Å². The number of hydrogen-bond acceptors (Lipinski definition) is 4. The summed E-state index contributed by atoms with van der Waals surface area (Å²) in [5, 5.41) is 3.29. The first kappa shape index (κ1) is 10.4. The maximum atomic E-state index is 11.1. The van der Waals surface area contributed by atoms with E-state index in [0.29, 0.717) is 12.6 Å². The summed E-state index contributed by atoms with van der Waals surface area (Å²) in [4.78, 5) is 17.3. The second-order valence-corrected chi connectivity index (χ2v) is 3.83. The van der Waals surface area contributed by atoms with E-state index in [-0.39, 0.29) is 16.5 Å². The quantitative estimate of drug-likeness (QED) is 0.795. The van der Waals surface area contributed by atoms with E-state index in [9.17, 15) is 4.79 Å². The number of hydrogen-bond donors (Lipinski definition) is 2. The summed E-state index contributed by atoms with van der Waals surface area (Å²) in [6.45, 7) is 1.51. The second-order valence-electron chi connectivity index (χ2n) is 3.46. The number of nitrogens with zero attached hydrogens (tertiary/aromatic N) is 1. The molecule has 0 bridgehead atoms. The Morgan fingerprint density at radius 1 is 1.67 bits per heavy atom. The van der Waals surface area contributed by atoms with Gasteiger partial charge in [-0.2, -0.15) is 0 Å². The van der Waals surface area contributed by atoms with Gasteiger partial charge in [-0.25, -0.2) is 4.98 Å². The van der Waals surface area contributed by atoms with Crippen molar-refractivity contribution in [2.45, 2.75) is 18.9 Å². The minimum Gasteiger partial charge on any atom is -0.475 e. The van der Waals surface area contributed by atoms with Crippen LogP contribution in [0.2, 0.25) is 5.02 Å². The zero-order chi connectivity index (χ0) is 10.7. The molecule has 0 saturated carbocycles. The van der Waals surface area contributed by atoms with E-state index in [0.717, 1.165) is 19.4 Å². The largest absolute Gasteiger partial charge is 0.475 e. The van der Waals surface area contributed by atoms with Crippen LogP contribution in [-0.4, -0.2) is 29.2 Å². The molecule has 1 fully saturated rings. The molecule has 82 valence electrons. The van der Waals surface area contributed by atoms with Crippen molar-refractivity contribution in [3.05, 3.63) is 21.7 Å². The Kier molecular flexibility index (Phi) is 3.23. The van der Waals surface area contributed by atoms with Crippen molar-refractivity contribution >= 4 is 11.6 Å². The monoisotopic (exact) mass is 229 g/mol. The number of H-pyrrole nitrogens is 1. The highest BCUT2D eigenvalue weighted by molar-refractivity contribution is 6.31. The number of ether oxygens (including phenoxy) is 1. The van der Waals surface area contributed by atoms with Gasteiger partial charge in [0, 0.05) is 6.04 Å². The predicted molar refractivity (Wildman–Crippen MR) is 56.4 cm³/mol. The number of nitrogens with one attached hydrogen (secondary N) is 2. The standard InChI is InChI=1S/C9H12ClN3O2/c10-7-8(14)12-5-13-9(7)15-4-6-2-1-3-11-6/h5-6,11H,1-4H2,(H,12,13,14). The number of rotatable bonds is 3. The fourth-order valence-corrected chi connectivity index (χ4v) is 1.70. The second kappa shape index (κ2) is 4.63. The van der Waals surface area contributed by atoms with Gasteiger partial charge in [0.1, 0.15) is 6.61 Å². The molecule has 2 heterocycles. The van der Waals surface area contributed by atoms with E-state index in [1.54, 1.807) is 0 Å². The molecule has 2 rings (SSSR count). The first-order chi connectivity index (χ1) is 7.27. The normalized spacial score (nSPS) is 20.5. The maximum Gasteiger partial charge on any atom is 0.273 e. The SMILES string of the molecule is O=c1[nH]cnc(OCC2CCCN2)c1Cl. The van der Waals surface area contributed by atoms with Crippen LogP contribution in [0.5, 0.6) is 5.88 Å². The average molecular weight is 230 g/mol. The zero-order valence-corrected chi connectivity index (χ0v) is 8.88. The highest BCUT2D eigenvalue weighted by Gasteiger charge is 2.16. The Hall–Kier alpha value is -1.07. The summed E-state index contributed by atoms with van der Waals surface area (Å²) in [5.74, 6) is 0.203. The highest BCUT2D eigenvalue weighted by Crippen LogP contribution is 2.16. The smallest absolute Gasteiger partial charge is 0.273 e. The van der Waals surface area contributed by atoms with Gasteiger partial charge >= 0.3 is 0 Å². The van der Waals surface area contributed by atoms with Crippen LogP contribution >= 0.6 is 11.6 Å². The topological polar surface area (TPSA) is 67.0 Å². The Morgan fingerprint density at radius 2 is 2.53 bits per heavy atom. The number of halogens is 1. The lowest BCUT2D eigenvalue weighted by atomic mass is 10.2. The first-order valence-electron chi connectivity index (χ1n) is 4.87. The lowest BCUT2D eigenvalue weighted by Gasteiger charge is -2.11. The molecule has 1 aromatic rings. The van der Waals surface area contributed by atoms with Gasteiger partial charge in [-0.05, 0) is 19.4 Å². The predicted octanol–water partition coefficient (Wildman–Crippen LogP) is 0.554. The molecule has 1 aromatic heterocycles. The van der Waals surface area contributed by atoms with Crippen molar-refractivity contribution in [1.29, 1.82) is 0 Å². The maximum absolute atomic E-state index is 11.1. The van der Waals surface area contributed by atoms with E-state index in [1.165, 1.54) is 6.33 Å². The third-order valence-electron chi connectivity index (χ3n) is 2.35. The Labute approximate surface area is 91.8 Å². The molecule has 2 N–H and O–H groups in total. The van der Waals surface area contributed by atoms with Gasteiger partial charge in [0.05, 0.1) is 6.33 Å². The molecule has 1 aliphatic rings. The zero-order valence-electron chi connectivity index (χ0n) is 8.12. The molecular formula is C9H12ClN3O2. The van der Waals surface area contributed by atoms with Crippen molar-refractivity contribution in [3.63, 3.8) is 0 Å². The van der Waals surface area contributed by atoms with E-state index in [2.05, 4.69) is 15.3 Å². The van der Waals surface area contributed by atoms with E-state index in [1.807, 2.05) is 0 Å². The van der Waals surface area contributed by atoms with Crippen molar-refractivity contribution < 1.29 is 4.74 Å². The Bertz CT molecular complexity index is 387. The third-order valence-corrected chi connectivity index (χ3v) is 2.68. The molecule has 6 heteroatoms. The van der Waals surface area contributed by atoms with Crippen molar-refractivity contribution in [2.24, 2.45) is 0 Å². The van der Waals surface area contributed by atoms with Gasteiger partial charge < -0.3 is 15.0 Å². The number of aromatic nitrogens is 2. The molecule has 1 aliphatic heterocycles. The van der Waals surface area contributed by atoms with Crippen LogP contribution in [0.1, 0.15) is 12.8 Å². The minimum atomic E-state index is -0.374. The fraction of sp³-hybridized carbons (Fsp3) is 0.556. The van der Waals surface area contributed by atoms with Gasteiger partial charge in [0.25, 0.3) is 5.56 Å². The van der Waals surface area contributed by atoms with Crippen LogP contribution in [0.15, 0.2) is 11.1 Å². The lowest BCUT2D eigenvalue weighted by molar-refractivity contribution is 0.267. The summed E-state index contributed by atoms with van der Waals surface area (Å²) in [5.41, 5.74) is -0.374. The first-order valence-corrected chi connectivity index (χ1v) is 5.24. The molecule has 15 heavy (non-hydrogen) atoms. The Balaban J connectivity index is 1.98. The fourth-order valence-electron chi connectivity index (χ4n) is 1.55. The van der Waals surface area contributed by atoms with Crippen LogP contribution < -0.4 is 15.6 Å². The molecule has 0 aliphatic carbocycles. The Morgan fingerprint density at radius 3 is 3.27 bits per heavy atom. The van der Waals surface area contributed by atoms with E-state index < -0.39 is 0 Å². The molecule has 1 unspecified atom stereocenters. The van der Waals surface area contributed by atoms with Crippen molar-refractivity contribution in [3.8, 4) is 5.88 Å². The molecule has 1 atom stereocenters. The van der Waals surface area contributed by atoms with Crippen LogP contribution in [0.4, 0.5) is 0 Å². The minimum absolute atomic E-state index is 0.00972. The van der Waals surface area contributed by atoms with Crippen LogP contribution in [0, 0.1) is 0 Å². The molecule has 0 spiro atoms. The summed E-state index contributed by atoms with van der Waals surface area (Å²) < 4.78 is 5.38. The molecule has 1 saturated heterocycles. The van der Waals surface area contributed by atoms with E-state index in [4.69, 9.17) is 16.3 Å². The molecular weight excluding hydrogens is 218 g/mol. The molecule has 5 nitrogen and oxygen atoms in total. The summed E-state index contributed by atoms with van der Waals surface area (Å²) >= 11 is 5.73. The van der Waals surface area contributed by atoms with Gasteiger partial charge in [0.15, 0.2) is 5.02 Å². The summed E-state index contributed by atoms with van der Waals surface area (Å²) in [6, 6.07) is 0.335. The van der Waals surface area contributed by atoms with Gasteiger partial charge in [-0.15, -0.1) is 0 Å². The summed E-state index contributed by atoms with van der Waals surface area (Å²) in [7, 11) is 0. The molecule has 0 radical (unpaired) electrons. The van der Waals surface area contributed by atoms with E-state index >= 15 is 0 Å². The van der Waals surface area contributed by atoms with Crippen molar-refractivity contribution in [2.75, 3.05) is 13.2 Å². The van der Waals surface area contributed by atoms with Crippen LogP contribution in [0.3, 0.4) is 0 Å².